The number of aryl methyl sites for hydroxylation is 1. The number of nitrogen functional groups attached to an aromatic ring is 1. The Hall–Kier alpha value is -1.97. The van der Waals surface area contributed by atoms with E-state index in [-0.39, 0.29) is 5.88 Å². The van der Waals surface area contributed by atoms with Gasteiger partial charge in [-0.2, -0.15) is 0 Å². The third-order valence-corrected chi connectivity index (χ3v) is 3.63. The van der Waals surface area contributed by atoms with Crippen LogP contribution in [0, 0.1) is 6.92 Å². The van der Waals surface area contributed by atoms with E-state index in [0.717, 1.165) is 16.7 Å². The van der Waals surface area contributed by atoms with Gasteiger partial charge in [0.1, 0.15) is 5.69 Å². The molecule has 3 aromatic rings. The summed E-state index contributed by atoms with van der Waals surface area (Å²) in [6, 6.07) is 13.2. The Balaban J connectivity index is 2.19. The first-order chi connectivity index (χ1) is 10.0. The molecule has 0 aliphatic heterocycles. The average molecular weight is 319 g/mol. The minimum absolute atomic E-state index is 0.268. The van der Waals surface area contributed by atoms with Crippen molar-refractivity contribution in [3.63, 3.8) is 0 Å². The van der Waals surface area contributed by atoms with Gasteiger partial charge < -0.3 is 10.3 Å². The number of hydrogen-bond donors (Lipinski definition) is 1. The Labute approximate surface area is 132 Å². The third-order valence-electron chi connectivity index (χ3n) is 3.19. The molecule has 0 amide bonds. The lowest BCUT2D eigenvalue weighted by Crippen LogP contribution is -1.88. The summed E-state index contributed by atoms with van der Waals surface area (Å²) in [5.74, 6) is 0.268. The number of halogens is 2. The van der Waals surface area contributed by atoms with E-state index < -0.39 is 0 Å². The molecular weight excluding hydrogens is 307 g/mol. The molecule has 3 nitrogen and oxygen atoms in total. The highest BCUT2D eigenvalue weighted by Crippen LogP contribution is 2.37. The zero-order valence-corrected chi connectivity index (χ0v) is 12.7. The van der Waals surface area contributed by atoms with E-state index in [2.05, 4.69) is 5.16 Å². The maximum Gasteiger partial charge on any atom is 0.230 e. The number of hydrogen-bond acceptors (Lipinski definition) is 3. The molecule has 0 aliphatic carbocycles. The maximum absolute atomic E-state index is 6.05. The minimum Gasteiger partial charge on any atom is -0.367 e. The predicted octanol–water partition coefficient (Wildman–Crippen LogP) is 5.21. The molecule has 106 valence electrons. The summed E-state index contributed by atoms with van der Waals surface area (Å²) < 4.78 is 5.16. The number of nitrogens with two attached hydrogens (primary N) is 1. The van der Waals surface area contributed by atoms with Crippen molar-refractivity contribution in [3.05, 3.63) is 58.1 Å². The van der Waals surface area contributed by atoms with E-state index in [0.29, 0.717) is 15.7 Å². The SMILES string of the molecule is Cc1ccc(-c2c(-c3cc(Cl)cc(Cl)c3)noc2N)cc1. The Morgan fingerprint density at radius 3 is 2.19 bits per heavy atom. The number of benzene rings is 2. The fourth-order valence-corrected chi connectivity index (χ4v) is 2.72. The molecule has 0 saturated heterocycles. The van der Waals surface area contributed by atoms with Crippen molar-refractivity contribution >= 4 is 29.1 Å². The van der Waals surface area contributed by atoms with Crippen LogP contribution < -0.4 is 5.73 Å². The first-order valence-corrected chi connectivity index (χ1v) is 7.09. The molecule has 1 aromatic heterocycles. The number of anilines is 1. The molecule has 0 bridgehead atoms. The number of nitrogens with zero attached hydrogens (tertiary/aromatic N) is 1. The van der Waals surface area contributed by atoms with Crippen LogP contribution >= 0.6 is 23.2 Å². The lowest BCUT2D eigenvalue weighted by atomic mass is 10.00. The quantitative estimate of drug-likeness (QED) is 0.706. The average Bonchev–Trinajstić information content (AvgIpc) is 2.80. The van der Waals surface area contributed by atoms with Crippen molar-refractivity contribution in [2.24, 2.45) is 0 Å². The van der Waals surface area contributed by atoms with Crippen LogP contribution in [0.2, 0.25) is 10.0 Å². The van der Waals surface area contributed by atoms with Crippen molar-refractivity contribution in [1.82, 2.24) is 5.16 Å². The highest BCUT2D eigenvalue weighted by Gasteiger charge is 2.18. The molecule has 0 fully saturated rings. The minimum atomic E-state index is 0.268. The molecular formula is C16H12Cl2N2O. The maximum atomic E-state index is 6.05. The molecule has 2 aromatic carbocycles. The molecule has 2 N–H and O–H groups in total. The largest absolute Gasteiger partial charge is 0.367 e. The monoisotopic (exact) mass is 318 g/mol. The van der Waals surface area contributed by atoms with Crippen LogP contribution in [0.4, 0.5) is 5.88 Å². The molecule has 0 spiro atoms. The predicted molar refractivity (Wildman–Crippen MR) is 86.5 cm³/mol. The van der Waals surface area contributed by atoms with Crippen LogP contribution in [0.1, 0.15) is 5.56 Å². The van der Waals surface area contributed by atoms with Gasteiger partial charge in [0.05, 0.1) is 5.56 Å². The second-order valence-corrected chi connectivity index (χ2v) is 5.67. The van der Waals surface area contributed by atoms with Crippen LogP contribution in [0.3, 0.4) is 0 Å². The van der Waals surface area contributed by atoms with Crippen molar-refractivity contribution in [2.45, 2.75) is 6.92 Å². The topological polar surface area (TPSA) is 52.0 Å². The molecule has 0 atom stereocenters. The van der Waals surface area contributed by atoms with Gasteiger partial charge in [0, 0.05) is 15.6 Å². The fraction of sp³-hybridized carbons (Fsp3) is 0.0625. The molecule has 0 aliphatic rings. The summed E-state index contributed by atoms with van der Waals surface area (Å²) in [6.45, 7) is 2.03. The second-order valence-electron chi connectivity index (χ2n) is 4.79. The first-order valence-electron chi connectivity index (χ1n) is 6.33. The molecule has 3 rings (SSSR count). The van der Waals surface area contributed by atoms with Crippen molar-refractivity contribution < 1.29 is 4.52 Å². The molecule has 0 unspecified atom stereocenters. The lowest BCUT2D eigenvalue weighted by molar-refractivity contribution is 0.439. The van der Waals surface area contributed by atoms with Crippen LogP contribution in [0.5, 0.6) is 0 Å². The van der Waals surface area contributed by atoms with Crippen molar-refractivity contribution in [3.8, 4) is 22.4 Å². The zero-order chi connectivity index (χ0) is 15.0. The summed E-state index contributed by atoms with van der Waals surface area (Å²) in [6.07, 6.45) is 0. The van der Waals surface area contributed by atoms with Gasteiger partial charge >= 0.3 is 0 Å². The number of aromatic nitrogens is 1. The van der Waals surface area contributed by atoms with Gasteiger partial charge in [-0.3, -0.25) is 0 Å². The third kappa shape index (κ3) is 2.75. The number of rotatable bonds is 2. The van der Waals surface area contributed by atoms with E-state index in [1.165, 1.54) is 5.56 Å². The molecule has 21 heavy (non-hydrogen) atoms. The van der Waals surface area contributed by atoms with Crippen LogP contribution in [-0.2, 0) is 0 Å². The van der Waals surface area contributed by atoms with Gasteiger partial charge in [0.15, 0.2) is 0 Å². The molecule has 5 heteroatoms. The van der Waals surface area contributed by atoms with E-state index in [4.69, 9.17) is 33.5 Å². The standard InChI is InChI=1S/C16H12Cl2N2O/c1-9-2-4-10(5-3-9)14-15(20-21-16(14)19)11-6-12(17)8-13(18)7-11/h2-8H,19H2,1H3. The molecule has 0 radical (unpaired) electrons. The van der Waals surface area contributed by atoms with E-state index in [1.807, 2.05) is 31.2 Å². The van der Waals surface area contributed by atoms with Gasteiger partial charge in [-0.05, 0) is 30.7 Å². The Morgan fingerprint density at radius 1 is 0.952 bits per heavy atom. The Morgan fingerprint density at radius 2 is 1.57 bits per heavy atom. The van der Waals surface area contributed by atoms with Gasteiger partial charge in [-0.1, -0.05) is 58.2 Å². The smallest absolute Gasteiger partial charge is 0.230 e. The van der Waals surface area contributed by atoms with Gasteiger partial charge in [0.25, 0.3) is 0 Å². The second kappa shape index (κ2) is 5.43. The van der Waals surface area contributed by atoms with Crippen molar-refractivity contribution in [1.29, 1.82) is 0 Å². The van der Waals surface area contributed by atoms with E-state index in [1.54, 1.807) is 18.2 Å². The summed E-state index contributed by atoms with van der Waals surface area (Å²) in [5.41, 5.74) is 10.2. The summed E-state index contributed by atoms with van der Waals surface area (Å²) >= 11 is 12.1. The van der Waals surface area contributed by atoms with Crippen LogP contribution in [0.15, 0.2) is 47.0 Å². The van der Waals surface area contributed by atoms with Crippen molar-refractivity contribution in [2.75, 3.05) is 5.73 Å². The van der Waals surface area contributed by atoms with Crippen LogP contribution in [-0.4, -0.2) is 5.16 Å². The van der Waals surface area contributed by atoms with Gasteiger partial charge in [0.2, 0.25) is 5.88 Å². The highest BCUT2D eigenvalue weighted by molar-refractivity contribution is 6.35. The fourth-order valence-electron chi connectivity index (χ4n) is 2.19. The highest BCUT2D eigenvalue weighted by atomic mass is 35.5. The van der Waals surface area contributed by atoms with E-state index in [9.17, 15) is 0 Å². The van der Waals surface area contributed by atoms with Crippen LogP contribution in [0.25, 0.3) is 22.4 Å². The summed E-state index contributed by atoms with van der Waals surface area (Å²) in [7, 11) is 0. The van der Waals surface area contributed by atoms with Gasteiger partial charge in [-0.15, -0.1) is 0 Å². The van der Waals surface area contributed by atoms with E-state index >= 15 is 0 Å². The first kappa shape index (κ1) is 14.0. The summed E-state index contributed by atoms with van der Waals surface area (Å²) in [5, 5.41) is 5.12. The zero-order valence-electron chi connectivity index (χ0n) is 11.2. The van der Waals surface area contributed by atoms with Gasteiger partial charge in [-0.25, -0.2) is 0 Å². The Bertz CT molecular complexity index is 774. The normalized spacial score (nSPS) is 10.8. The molecule has 1 heterocycles. The summed E-state index contributed by atoms with van der Waals surface area (Å²) in [4.78, 5) is 0. The Kier molecular flexibility index (Phi) is 3.62. The molecule has 0 saturated carbocycles. The lowest BCUT2D eigenvalue weighted by Gasteiger charge is -2.04.